The van der Waals surface area contributed by atoms with Gasteiger partial charge < -0.3 is 4.74 Å². The van der Waals surface area contributed by atoms with Crippen LogP contribution in [-0.4, -0.2) is 13.1 Å². The van der Waals surface area contributed by atoms with E-state index >= 15 is 0 Å². The number of hydrogen-bond acceptors (Lipinski definition) is 2. The minimum Gasteiger partial charge on any atom is -0.469 e. The van der Waals surface area contributed by atoms with Gasteiger partial charge in [0.1, 0.15) is 0 Å². The quantitative estimate of drug-likeness (QED) is 0.496. The van der Waals surface area contributed by atoms with E-state index in [1.54, 1.807) is 0 Å². The average molecular weight is 128 g/mol. The Morgan fingerprint density at radius 2 is 2.11 bits per heavy atom. The molecule has 1 unspecified atom stereocenters. The van der Waals surface area contributed by atoms with Gasteiger partial charge in [0, 0.05) is 0 Å². The van der Waals surface area contributed by atoms with E-state index in [1.807, 2.05) is 0 Å². The highest BCUT2D eigenvalue weighted by Crippen LogP contribution is 2.51. The maximum atomic E-state index is 10.8. The van der Waals surface area contributed by atoms with Gasteiger partial charge in [0.15, 0.2) is 0 Å². The van der Waals surface area contributed by atoms with E-state index in [1.165, 1.54) is 7.11 Å². The Labute approximate surface area is 55.2 Å². The summed E-state index contributed by atoms with van der Waals surface area (Å²) >= 11 is 0. The first-order valence-electron chi connectivity index (χ1n) is 3.16. The zero-order valence-electron chi connectivity index (χ0n) is 6.10. The molecular weight excluding hydrogens is 116 g/mol. The van der Waals surface area contributed by atoms with Gasteiger partial charge in [-0.25, -0.2) is 0 Å². The van der Waals surface area contributed by atoms with Crippen molar-refractivity contribution >= 4 is 5.97 Å². The van der Waals surface area contributed by atoms with Crippen LogP contribution in [0.2, 0.25) is 0 Å². The molecule has 1 aliphatic carbocycles. The third kappa shape index (κ3) is 1.07. The van der Waals surface area contributed by atoms with Crippen molar-refractivity contribution in [2.75, 3.05) is 7.11 Å². The predicted octanol–water partition coefficient (Wildman–Crippen LogP) is 1.21. The summed E-state index contributed by atoms with van der Waals surface area (Å²) in [4.78, 5) is 10.8. The number of carbonyl (C=O) groups excluding carboxylic acids is 1. The monoisotopic (exact) mass is 128 g/mol. The van der Waals surface area contributed by atoms with Gasteiger partial charge >= 0.3 is 5.97 Å². The summed E-state index contributed by atoms with van der Waals surface area (Å²) in [6, 6.07) is 0. The molecule has 52 valence electrons. The van der Waals surface area contributed by atoms with E-state index in [-0.39, 0.29) is 17.3 Å². The van der Waals surface area contributed by atoms with Crippen LogP contribution in [0.5, 0.6) is 0 Å². The Bertz CT molecular complexity index is 138. The van der Waals surface area contributed by atoms with E-state index in [0.717, 1.165) is 6.42 Å². The Kier molecular flexibility index (Phi) is 1.26. The molecule has 1 fully saturated rings. The van der Waals surface area contributed by atoms with E-state index in [2.05, 4.69) is 18.6 Å². The molecule has 0 radical (unpaired) electrons. The number of carbonyl (C=O) groups is 1. The lowest BCUT2D eigenvalue weighted by Crippen LogP contribution is -2.06. The molecule has 0 N–H and O–H groups in total. The molecule has 9 heavy (non-hydrogen) atoms. The summed E-state index contributed by atoms with van der Waals surface area (Å²) in [5, 5.41) is 0. The van der Waals surface area contributed by atoms with Crippen molar-refractivity contribution in [3.05, 3.63) is 0 Å². The fourth-order valence-corrected chi connectivity index (χ4v) is 1.01. The highest BCUT2D eigenvalue weighted by molar-refractivity contribution is 5.76. The molecule has 2 nitrogen and oxygen atoms in total. The molecule has 0 heterocycles. The van der Waals surface area contributed by atoms with Crippen LogP contribution in [0.15, 0.2) is 0 Å². The first-order valence-corrected chi connectivity index (χ1v) is 3.16. The fraction of sp³-hybridized carbons (Fsp3) is 0.857. The van der Waals surface area contributed by atoms with Crippen molar-refractivity contribution < 1.29 is 9.53 Å². The summed E-state index contributed by atoms with van der Waals surface area (Å²) in [6.07, 6.45) is 0.986. The number of hydrogen-bond donors (Lipinski definition) is 0. The van der Waals surface area contributed by atoms with Crippen molar-refractivity contribution in [1.29, 1.82) is 0 Å². The largest absolute Gasteiger partial charge is 0.469 e. The highest BCUT2D eigenvalue weighted by Gasteiger charge is 2.51. The van der Waals surface area contributed by atoms with Crippen LogP contribution in [-0.2, 0) is 9.53 Å². The molecular formula is C7H12O2. The van der Waals surface area contributed by atoms with Crippen LogP contribution in [0.4, 0.5) is 0 Å². The van der Waals surface area contributed by atoms with Crippen molar-refractivity contribution in [3.63, 3.8) is 0 Å². The van der Waals surface area contributed by atoms with E-state index in [9.17, 15) is 4.79 Å². The summed E-state index contributed by atoms with van der Waals surface area (Å²) in [5.41, 5.74) is 0.215. The minimum absolute atomic E-state index is 0.0556. The average Bonchev–Trinajstić information content (AvgIpc) is 2.38. The standard InChI is InChI=1S/C7H12O2/c1-7(2)4-5(7)6(8)9-3/h5H,4H2,1-3H3. The molecule has 0 aliphatic heterocycles. The van der Waals surface area contributed by atoms with Crippen LogP contribution in [0, 0.1) is 11.3 Å². The van der Waals surface area contributed by atoms with Gasteiger partial charge in [-0.05, 0) is 11.8 Å². The molecule has 0 spiro atoms. The zero-order chi connectivity index (χ0) is 7.07. The topological polar surface area (TPSA) is 26.3 Å². The lowest BCUT2D eigenvalue weighted by atomic mass is 10.1. The molecule has 0 aromatic rings. The van der Waals surface area contributed by atoms with Crippen molar-refractivity contribution in [2.45, 2.75) is 20.3 Å². The first kappa shape index (κ1) is 6.59. The fourth-order valence-electron chi connectivity index (χ4n) is 1.01. The predicted molar refractivity (Wildman–Crippen MR) is 33.9 cm³/mol. The second kappa shape index (κ2) is 1.72. The minimum atomic E-state index is -0.0556. The molecule has 1 saturated carbocycles. The Balaban J connectivity index is 2.42. The normalized spacial score (nSPS) is 29.4. The Morgan fingerprint density at radius 3 is 2.22 bits per heavy atom. The number of ether oxygens (including phenoxy) is 1. The smallest absolute Gasteiger partial charge is 0.309 e. The lowest BCUT2D eigenvalue weighted by molar-refractivity contribution is -0.142. The zero-order valence-corrected chi connectivity index (χ0v) is 6.10. The van der Waals surface area contributed by atoms with Gasteiger partial charge in [0.2, 0.25) is 0 Å². The molecule has 0 aromatic carbocycles. The molecule has 0 saturated heterocycles. The van der Waals surface area contributed by atoms with Crippen LogP contribution in [0.3, 0.4) is 0 Å². The van der Waals surface area contributed by atoms with Crippen LogP contribution in [0.25, 0.3) is 0 Å². The Hall–Kier alpha value is -0.530. The summed E-state index contributed by atoms with van der Waals surface area (Å²) < 4.78 is 4.57. The van der Waals surface area contributed by atoms with Gasteiger partial charge in [0.05, 0.1) is 13.0 Å². The summed E-state index contributed by atoms with van der Waals surface area (Å²) in [7, 11) is 1.44. The molecule has 1 aliphatic rings. The van der Waals surface area contributed by atoms with Gasteiger partial charge in [-0.2, -0.15) is 0 Å². The second-order valence-corrected chi connectivity index (χ2v) is 3.27. The third-order valence-corrected chi connectivity index (χ3v) is 2.00. The Morgan fingerprint density at radius 1 is 1.67 bits per heavy atom. The first-order chi connectivity index (χ1) is 4.08. The van der Waals surface area contributed by atoms with Crippen molar-refractivity contribution in [3.8, 4) is 0 Å². The van der Waals surface area contributed by atoms with Gasteiger partial charge in [-0.15, -0.1) is 0 Å². The highest BCUT2D eigenvalue weighted by atomic mass is 16.5. The van der Waals surface area contributed by atoms with E-state index in [0.29, 0.717) is 0 Å². The van der Waals surface area contributed by atoms with Crippen LogP contribution in [0.1, 0.15) is 20.3 Å². The van der Waals surface area contributed by atoms with Gasteiger partial charge in [-0.1, -0.05) is 13.8 Å². The van der Waals surface area contributed by atoms with Crippen molar-refractivity contribution in [1.82, 2.24) is 0 Å². The van der Waals surface area contributed by atoms with E-state index in [4.69, 9.17) is 0 Å². The SMILES string of the molecule is COC(=O)C1CC1(C)C. The third-order valence-electron chi connectivity index (χ3n) is 2.00. The summed E-state index contributed by atoms with van der Waals surface area (Å²) in [6.45, 7) is 4.16. The molecule has 1 rings (SSSR count). The molecule has 0 amide bonds. The molecule has 0 bridgehead atoms. The lowest BCUT2D eigenvalue weighted by Gasteiger charge is -1.98. The molecule has 0 aromatic heterocycles. The number of methoxy groups -OCH3 is 1. The second-order valence-electron chi connectivity index (χ2n) is 3.27. The maximum Gasteiger partial charge on any atom is 0.309 e. The molecule has 1 atom stereocenters. The number of esters is 1. The van der Waals surface area contributed by atoms with Gasteiger partial charge in [0.25, 0.3) is 0 Å². The molecule has 2 heteroatoms. The summed E-state index contributed by atoms with van der Waals surface area (Å²) in [5.74, 6) is 0.113. The van der Waals surface area contributed by atoms with E-state index < -0.39 is 0 Å². The van der Waals surface area contributed by atoms with Crippen LogP contribution >= 0.6 is 0 Å². The van der Waals surface area contributed by atoms with Crippen LogP contribution < -0.4 is 0 Å². The van der Waals surface area contributed by atoms with Crippen molar-refractivity contribution in [2.24, 2.45) is 11.3 Å². The maximum absolute atomic E-state index is 10.8. The van der Waals surface area contributed by atoms with Gasteiger partial charge in [-0.3, -0.25) is 4.79 Å². The number of rotatable bonds is 1.